The molecule has 0 heterocycles. The summed E-state index contributed by atoms with van der Waals surface area (Å²) in [5, 5.41) is 51.3. The summed E-state index contributed by atoms with van der Waals surface area (Å²) in [5.41, 5.74) is 8.63. The minimum atomic E-state index is -4.83. The number of rotatable bonds is 13. The summed E-state index contributed by atoms with van der Waals surface area (Å²) < 4.78 is 74.1. The molecule has 19 heteroatoms. The molecule has 17 nitrogen and oxygen atoms in total. The summed E-state index contributed by atoms with van der Waals surface area (Å²) in [6, 6.07) is 35.8. The topological polar surface area (TPSA) is 249 Å². The van der Waals surface area contributed by atoms with Gasteiger partial charge in [0.1, 0.15) is 32.6 Å². The van der Waals surface area contributed by atoms with E-state index in [1.807, 2.05) is 107 Å². The van der Waals surface area contributed by atoms with Crippen LogP contribution in [0.4, 0.5) is 56.9 Å². The Balaban J connectivity index is 0.978. The number of nitrogens with zero attached hydrogens (tertiary/aromatic N) is 8. The van der Waals surface area contributed by atoms with E-state index in [0.29, 0.717) is 45.1 Å². The highest BCUT2D eigenvalue weighted by Gasteiger charge is 2.21. The van der Waals surface area contributed by atoms with Crippen LogP contribution in [-0.4, -0.2) is 38.2 Å². The molecule has 8 aromatic carbocycles. The molecular formula is C50H43N9O8S2. The number of anilines is 2. The molecule has 0 saturated carbocycles. The number of azo groups is 4. The maximum absolute atomic E-state index is 12.3. The molecular weight excluding hydrogens is 919 g/mol. The average molecular weight is 962 g/mol. The van der Waals surface area contributed by atoms with Crippen molar-refractivity contribution in [2.75, 3.05) is 12.4 Å². The van der Waals surface area contributed by atoms with Crippen molar-refractivity contribution in [3.8, 4) is 11.5 Å². The molecule has 0 saturated heterocycles. The van der Waals surface area contributed by atoms with E-state index in [0.717, 1.165) is 57.2 Å². The number of benzene rings is 8. The fraction of sp³-hybridized carbons (Fsp3) is 0.120. The summed E-state index contributed by atoms with van der Waals surface area (Å²) in [5.74, 6) is 0.298. The first-order valence-electron chi connectivity index (χ1n) is 21.0. The molecule has 0 radical (unpaired) electrons. The highest BCUT2D eigenvalue weighted by Crippen LogP contribution is 2.41. The number of nitrogens with one attached hydrogen (secondary N) is 1. The first kappa shape index (κ1) is 47.4. The van der Waals surface area contributed by atoms with Gasteiger partial charge in [0.15, 0.2) is 5.75 Å². The minimum Gasteiger partial charge on any atom is -0.505 e. The van der Waals surface area contributed by atoms with Crippen LogP contribution in [-0.2, 0) is 20.2 Å². The summed E-state index contributed by atoms with van der Waals surface area (Å²) in [4.78, 5) is -1.09. The highest BCUT2D eigenvalue weighted by atomic mass is 32.2. The van der Waals surface area contributed by atoms with Crippen molar-refractivity contribution in [2.24, 2.45) is 40.9 Å². The first-order chi connectivity index (χ1) is 32.9. The lowest BCUT2D eigenvalue weighted by Gasteiger charge is -2.10. The summed E-state index contributed by atoms with van der Waals surface area (Å²) in [6.07, 6.45) is 0. The molecule has 0 aliphatic carbocycles. The zero-order valence-electron chi connectivity index (χ0n) is 37.9. The molecule has 0 bridgehead atoms. The highest BCUT2D eigenvalue weighted by molar-refractivity contribution is 7.86. The van der Waals surface area contributed by atoms with E-state index in [1.54, 1.807) is 19.1 Å². The Morgan fingerprint density at radius 1 is 0.420 bits per heavy atom. The Morgan fingerprint density at radius 2 is 0.899 bits per heavy atom. The fourth-order valence-electron chi connectivity index (χ4n) is 7.37. The lowest BCUT2D eigenvalue weighted by atomic mass is 10.1. The fourth-order valence-corrected chi connectivity index (χ4v) is 8.71. The van der Waals surface area contributed by atoms with Crippen LogP contribution in [0, 0.1) is 34.6 Å². The number of fused-ring (bicyclic) bond motifs is 2. The van der Waals surface area contributed by atoms with Gasteiger partial charge in [-0.05, 0) is 158 Å². The van der Waals surface area contributed by atoms with E-state index >= 15 is 0 Å². The normalized spacial score (nSPS) is 12.4. The van der Waals surface area contributed by atoms with Gasteiger partial charge < -0.3 is 15.2 Å². The molecule has 0 fully saturated rings. The number of para-hydroxylation sites is 1. The summed E-state index contributed by atoms with van der Waals surface area (Å²) in [6.45, 7) is 9.27. The van der Waals surface area contributed by atoms with Crippen LogP contribution >= 0.6 is 0 Å². The number of ether oxygens (including phenoxy) is 1. The van der Waals surface area contributed by atoms with Crippen molar-refractivity contribution < 1.29 is 35.8 Å². The molecule has 8 rings (SSSR count). The lowest BCUT2D eigenvalue weighted by Crippen LogP contribution is -2.01. The van der Waals surface area contributed by atoms with Gasteiger partial charge in [-0.2, -0.15) is 42.4 Å². The summed E-state index contributed by atoms with van der Waals surface area (Å²) >= 11 is 0. The van der Waals surface area contributed by atoms with Gasteiger partial charge in [-0.1, -0.05) is 36.4 Å². The van der Waals surface area contributed by atoms with Crippen molar-refractivity contribution in [1.29, 1.82) is 0 Å². The second-order valence-corrected chi connectivity index (χ2v) is 18.8. The van der Waals surface area contributed by atoms with E-state index in [1.165, 1.54) is 25.3 Å². The molecule has 0 aromatic heterocycles. The predicted molar refractivity (Wildman–Crippen MR) is 265 cm³/mol. The lowest BCUT2D eigenvalue weighted by molar-refractivity contribution is 0.416. The van der Waals surface area contributed by atoms with Crippen LogP contribution in [0.3, 0.4) is 0 Å². The summed E-state index contributed by atoms with van der Waals surface area (Å²) in [7, 11) is -8.10. The third-order valence-electron chi connectivity index (χ3n) is 11.1. The zero-order chi connectivity index (χ0) is 49.2. The minimum absolute atomic E-state index is 0.0302. The van der Waals surface area contributed by atoms with Gasteiger partial charge in [0.05, 0.1) is 35.5 Å². The number of aryl methyl sites for hydroxylation is 5. The quantitative estimate of drug-likeness (QED) is 0.0632. The molecule has 0 atom stereocenters. The van der Waals surface area contributed by atoms with E-state index in [2.05, 4.69) is 46.2 Å². The maximum atomic E-state index is 12.3. The van der Waals surface area contributed by atoms with E-state index in [-0.39, 0.29) is 33.6 Å². The Morgan fingerprint density at radius 3 is 1.43 bits per heavy atom. The zero-order valence-corrected chi connectivity index (χ0v) is 39.5. The Bertz CT molecular complexity index is 3710. The molecule has 0 amide bonds. The molecule has 0 aliphatic heterocycles. The Kier molecular flexibility index (Phi) is 13.2. The first-order valence-corrected chi connectivity index (χ1v) is 23.9. The molecule has 348 valence electrons. The van der Waals surface area contributed by atoms with Crippen LogP contribution in [0.1, 0.15) is 27.8 Å². The van der Waals surface area contributed by atoms with Crippen molar-refractivity contribution in [3.05, 3.63) is 155 Å². The number of methoxy groups -OCH3 is 1. The van der Waals surface area contributed by atoms with Crippen molar-refractivity contribution in [3.63, 3.8) is 0 Å². The standard InChI is InChI=1S/C50H43N9O8S2/c1-28-20-41(29(2)19-40(28)53-52-39-18-15-34-24-36(16-17-37(34)50(39)60)51-35-12-8-7-9-13-35)54-55-42-21-31(4)43(22-30(42)3)56-58-45-23-32(5)44(27-47(45)67-6)57-59-46-26-38-33(25-49(46)69(64,65)66)11-10-14-48(38)68(61,62)63/h7-27,51,60H,1-6H3,(H,61,62,63)(H,64,65,66). The van der Waals surface area contributed by atoms with Gasteiger partial charge in [-0.15, -0.1) is 15.3 Å². The maximum Gasteiger partial charge on any atom is 0.296 e. The number of hydrogen-bond acceptors (Lipinski definition) is 15. The van der Waals surface area contributed by atoms with Crippen LogP contribution in [0.15, 0.2) is 178 Å². The van der Waals surface area contributed by atoms with Gasteiger partial charge >= 0.3 is 0 Å². The van der Waals surface area contributed by atoms with Crippen LogP contribution in [0.2, 0.25) is 0 Å². The van der Waals surface area contributed by atoms with Crippen LogP contribution in [0.5, 0.6) is 11.5 Å². The van der Waals surface area contributed by atoms with Crippen molar-refractivity contribution in [2.45, 2.75) is 44.4 Å². The second kappa shape index (κ2) is 19.2. The molecule has 69 heavy (non-hydrogen) atoms. The van der Waals surface area contributed by atoms with E-state index in [4.69, 9.17) is 4.74 Å². The number of hydrogen-bond donors (Lipinski definition) is 4. The molecule has 8 aromatic rings. The molecule has 0 aliphatic rings. The Labute approximate surface area is 397 Å². The van der Waals surface area contributed by atoms with Crippen LogP contribution in [0.25, 0.3) is 21.5 Å². The van der Waals surface area contributed by atoms with Crippen molar-refractivity contribution in [1.82, 2.24) is 0 Å². The SMILES string of the molecule is COc1cc(N=Nc2cc3c(S(=O)(=O)O)cccc3cc2S(=O)(=O)O)c(C)cc1N=Nc1cc(C)c(N=Nc2cc(C)c(N=Nc3ccc4cc(Nc5ccccc5)ccc4c3O)cc2C)cc1C. The molecule has 0 spiro atoms. The van der Waals surface area contributed by atoms with Gasteiger partial charge in [-0.3, -0.25) is 9.11 Å². The van der Waals surface area contributed by atoms with E-state index in [9.17, 15) is 31.0 Å². The Hall–Kier alpha value is -8.10. The van der Waals surface area contributed by atoms with Gasteiger partial charge in [0, 0.05) is 28.2 Å². The number of phenols is 1. The smallest absolute Gasteiger partial charge is 0.296 e. The van der Waals surface area contributed by atoms with Gasteiger partial charge in [0.2, 0.25) is 0 Å². The van der Waals surface area contributed by atoms with Gasteiger partial charge in [-0.25, -0.2) is 0 Å². The van der Waals surface area contributed by atoms with E-state index < -0.39 is 30.0 Å². The average Bonchev–Trinajstić information content (AvgIpc) is 3.31. The third-order valence-corrected chi connectivity index (χ3v) is 12.9. The third kappa shape index (κ3) is 10.6. The van der Waals surface area contributed by atoms with Gasteiger partial charge in [0.25, 0.3) is 20.2 Å². The number of aromatic hydroxyl groups is 1. The predicted octanol–water partition coefficient (Wildman–Crippen LogP) is 15.1. The number of phenolic OH excluding ortho intramolecular Hbond substituents is 1. The largest absolute Gasteiger partial charge is 0.505 e. The molecule has 4 N–H and O–H groups in total. The van der Waals surface area contributed by atoms with Crippen LogP contribution < -0.4 is 10.1 Å². The molecule has 0 unspecified atom stereocenters. The van der Waals surface area contributed by atoms with Crippen molar-refractivity contribution >= 4 is 98.7 Å². The monoisotopic (exact) mass is 961 g/mol. The second-order valence-electron chi connectivity index (χ2n) is 16.1.